The molecule has 0 aliphatic heterocycles. The molecule has 0 spiro atoms. The lowest BCUT2D eigenvalue weighted by atomic mass is 9.72. The van der Waals surface area contributed by atoms with E-state index in [0.717, 1.165) is 6.42 Å². The number of ketones is 1. The van der Waals surface area contributed by atoms with Crippen molar-refractivity contribution < 1.29 is 14.3 Å². The Kier molecular flexibility index (Phi) is 10.3. The zero-order valence-electron chi connectivity index (χ0n) is 24.6. The van der Waals surface area contributed by atoms with Crippen LogP contribution in [-0.4, -0.2) is 52.2 Å². The van der Waals surface area contributed by atoms with Gasteiger partial charge in [0.1, 0.15) is 5.78 Å². The van der Waals surface area contributed by atoms with Crippen molar-refractivity contribution in [3.63, 3.8) is 0 Å². The van der Waals surface area contributed by atoms with Gasteiger partial charge >= 0.3 is 0 Å². The summed E-state index contributed by atoms with van der Waals surface area (Å²) >= 11 is 0. The normalized spacial score (nSPS) is 20.4. The maximum atomic E-state index is 13.6. The summed E-state index contributed by atoms with van der Waals surface area (Å²) in [6.07, 6.45) is 7.28. The minimum absolute atomic E-state index is 0.203. The van der Waals surface area contributed by atoms with E-state index in [0.29, 0.717) is 12.3 Å². The Balaban J connectivity index is 3.62. The van der Waals surface area contributed by atoms with Crippen LogP contribution in [0.15, 0.2) is 0 Å². The number of aliphatic hydroxyl groups excluding tert-OH is 1. The minimum Gasteiger partial charge on any atom is -0.420 e. The Labute approximate surface area is 210 Å². The maximum absolute atomic E-state index is 13.6. The van der Waals surface area contributed by atoms with Gasteiger partial charge in [0.15, 0.2) is 6.87 Å². The molecule has 0 aromatic heterocycles. The minimum atomic E-state index is -2.08. The highest BCUT2D eigenvalue weighted by molar-refractivity contribution is 7.87. The molecule has 0 saturated heterocycles. The molecular weight excluding hydrogens is 473 g/mol. The average molecular weight is 531 g/mol. The van der Waals surface area contributed by atoms with Gasteiger partial charge in [-0.05, 0) is 30.6 Å². The Bertz CT molecular complexity index is 610. The SMILES string of the molecule is CC[C@@](CC(=O)C[C@H](O)C(C)(C)C)(O[Si]([Si](C)(C)C)([Si](C)(C)C)[Si](C)(C)C)C1CCCCC1. The van der Waals surface area contributed by atoms with Crippen molar-refractivity contribution in [1.82, 2.24) is 0 Å². The van der Waals surface area contributed by atoms with Gasteiger partial charge in [0.05, 0.1) is 34.5 Å². The molecule has 1 aliphatic rings. The van der Waals surface area contributed by atoms with Crippen molar-refractivity contribution in [2.75, 3.05) is 0 Å². The second kappa shape index (κ2) is 10.8. The zero-order valence-corrected chi connectivity index (χ0v) is 28.6. The molecule has 0 amide bonds. The van der Waals surface area contributed by atoms with Crippen LogP contribution in [0.2, 0.25) is 58.9 Å². The Morgan fingerprint density at radius 2 is 1.30 bits per heavy atom. The standard InChI is InChI=1S/C26H58O3Si4/c1-14-26(22-18-16-15-17-19-22,21-23(27)20-24(28)25(2,3)4)29-33(30(5,6)7,31(8,9)10)32(11,12)13/h22,24,28H,14-21H2,1-13H3/t24-,26-/m0/s1. The van der Waals surface area contributed by atoms with Gasteiger partial charge in [-0.3, -0.25) is 4.79 Å². The summed E-state index contributed by atoms with van der Waals surface area (Å²) in [5, 5.41) is 10.7. The molecule has 0 heterocycles. The van der Waals surface area contributed by atoms with E-state index < -0.39 is 35.7 Å². The summed E-state index contributed by atoms with van der Waals surface area (Å²) in [6, 6.07) is 0. The number of carbonyl (C=O) groups is 1. The number of rotatable bonds is 11. The molecule has 3 nitrogen and oxygen atoms in total. The van der Waals surface area contributed by atoms with E-state index in [1.54, 1.807) is 0 Å². The third-order valence-corrected chi connectivity index (χ3v) is 75.9. The van der Waals surface area contributed by atoms with E-state index in [4.69, 9.17) is 4.43 Å². The third-order valence-electron chi connectivity index (χ3n) is 8.39. The van der Waals surface area contributed by atoms with Gasteiger partial charge in [-0.1, -0.05) is 106 Å². The predicted molar refractivity (Wildman–Crippen MR) is 156 cm³/mol. The number of hydrogen-bond donors (Lipinski definition) is 1. The van der Waals surface area contributed by atoms with E-state index in [-0.39, 0.29) is 23.2 Å². The average Bonchev–Trinajstić information content (AvgIpc) is 2.61. The van der Waals surface area contributed by atoms with Crippen molar-refractivity contribution in [2.45, 2.75) is 150 Å². The van der Waals surface area contributed by atoms with Crippen LogP contribution in [0.3, 0.4) is 0 Å². The van der Waals surface area contributed by atoms with Crippen molar-refractivity contribution in [3.05, 3.63) is 0 Å². The first-order valence-corrected chi connectivity index (χ1v) is 29.0. The largest absolute Gasteiger partial charge is 0.420 e. The highest BCUT2D eigenvalue weighted by Crippen LogP contribution is 2.48. The molecule has 1 N–H and O–H groups in total. The highest BCUT2D eigenvalue weighted by atomic mass is 29.9. The molecule has 33 heavy (non-hydrogen) atoms. The van der Waals surface area contributed by atoms with Crippen LogP contribution in [0.25, 0.3) is 0 Å². The summed E-state index contributed by atoms with van der Waals surface area (Å²) in [6.45, 7) is 29.4. The molecule has 0 aromatic carbocycles. The molecule has 2 atom stereocenters. The fraction of sp³-hybridized carbons (Fsp3) is 0.962. The lowest BCUT2D eigenvalue weighted by Crippen LogP contribution is -2.86. The number of aliphatic hydroxyl groups is 1. The van der Waals surface area contributed by atoms with Crippen LogP contribution in [-0.2, 0) is 9.22 Å². The van der Waals surface area contributed by atoms with Gasteiger partial charge in [0.25, 0.3) is 0 Å². The Hall–Kier alpha value is 0.458. The van der Waals surface area contributed by atoms with Crippen LogP contribution in [0.4, 0.5) is 0 Å². The molecule has 1 rings (SSSR count). The van der Waals surface area contributed by atoms with Crippen LogP contribution < -0.4 is 0 Å². The van der Waals surface area contributed by atoms with Gasteiger partial charge in [-0.15, -0.1) is 0 Å². The number of hydrogen-bond acceptors (Lipinski definition) is 3. The first kappa shape index (κ1) is 31.5. The quantitative estimate of drug-likeness (QED) is 0.279. The van der Waals surface area contributed by atoms with Crippen molar-refractivity contribution in [1.29, 1.82) is 0 Å². The monoisotopic (exact) mass is 530 g/mol. The van der Waals surface area contributed by atoms with E-state index in [1.807, 2.05) is 20.8 Å². The van der Waals surface area contributed by atoms with E-state index in [2.05, 4.69) is 65.8 Å². The summed E-state index contributed by atoms with van der Waals surface area (Å²) in [7, 11) is -4.89. The number of Topliss-reactive ketones (excluding diaryl/α,β-unsaturated/α-hetero) is 1. The predicted octanol–water partition coefficient (Wildman–Crippen LogP) is 7.68. The highest BCUT2D eigenvalue weighted by Gasteiger charge is 2.66. The lowest BCUT2D eigenvalue weighted by Gasteiger charge is -2.61. The van der Waals surface area contributed by atoms with Crippen LogP contribution in [0, 0.1) is 11.3 Å². The van der Waals surface area contributed by atoms with Crippen molar-refractivity contribution in [2.24, 2.45) is 11.3 Å². The summed E-state index contributed by atoms with van der Waals surface area (Å²) < 4.78 is 7.97. The maximum Gasteiger partial charge on any atom is 0.158 e. The molecule has 0 radical (unpaired) electrons. The third kappa shape index (κ3) is 7.03. The molecule has 1 fully saturated rings. The van der Waals surface area contributed by atoms with Gasteiger partial charge in [0.2, 0.25) is 0 Å². The molecule has 0 aromatic rings. The first-order chi connectivity index (χ1) is 14.6. The van der Waals surface area contributed by atoms with Crippen molar-refractivity contribution in [3.8, 4) is 0 Å². The van der Waals surface area contributed by atoms with E-state index in [1.165, 1.54) is 32.1 Å². The summed E-state index contributed by atoms with van der Waals surface area (Å²) in [5.74, 6) is 0.678. The van der Waals surface area contributed by atoms with Crippen molar-refractivity contribution >= 4 is 35.4 Å². The molecule has 1 saturated carbocycles. The zero-order chi connectivity index (χ0) is 26.1. The Morgan fingerprint density at radius 3 is 1.64 bits per heavy atom. The molecule has 0 bridgehead atoms. The Morgan fingerprint density at radius 1 is 0.879 bits per heavy atom. The van der Waals surface area contributed by atoms with Gasteiger partial charge in [-0.25, -0.2) is 0 Å². The van der Waals surface area contributed by atoms with Gasteiger partial charge in [0, 0.05) is 12.8 Å². The molecule has 0 unspecified atom stereocenters. The second-order valence-corrected chi connectivity index (χ2v) is 54.5. The summed E-state index contributed by atoms with van der Waals surface area (Å²) in [4.78, 5) is 13.6. The fourth-order valence-electron chi connectivity index (χ4n) is 7.45. The van der Waals surface area contributed by atoms with E-state index >= 15 is 0 Å². The second-order valence-electron chi connectivity index (χ2n) is 15.1. The molecule has 1 aliphatic carbocycles. The summed E-state index contributed by atoms with van der Waals surface area (Å²) in [5.41, 5.74) is -0.619. The van der Waals surface area contributed by atoms with Crippen LogP contribution in [0.5, 0.6) is 0 Å². The molecule has 196 valence electrons. The van der Waals surface area contributed by atoms with E-state index in [9.17, 15) is 9.90 Å². The smallest absolute Gasteiger partial charge is 0.158 e. The molecular formula is C26H58O3Si4. The van der Waals surface area contributed by atoms with Crippen LogP contribution in [0.1, 0.15) is 79.1 Å². The van der Waals surface area contributed by atoms with Crippen LogP contribution >= 0.6 is 0 Å². The van der Waals surface area contributed by atoms with Gasteiger partial charge < -0.3 is 9.53 Å². The molecule has 7 heteroatoms. The fourth-order valence-corrected chi connectivity index (χ4v) is 102. The number of carbonyl (C=O) groups excluding carboxylic acids is 1. The lowest BCUT2D eigenvalue weighted by molar-refractivity contribution is -0.129. The topological polar surface area (TPSA) is 46.5 Å². The van der Waals surface area contributed by atoms with Gasteiger partial charge in [-0.2, -0.15) is 0 Å². The first-order valence-electron chi connectivity index (χ1n) is 13.5.